The molecule has 6 nitrogen and oxygen atoms in total. The third-order valence-corrected chi connectivity index (χ3v) is 6.65. The Hall–Kier alpha value is -2.22. The van der Waals surface area contributed by atoms with Gasteiger partial charge in [0.15, 0.2) is 0 Å². The standard InChI is InChI=1S/C21H22N4O2S/c26-20(14-3-5-25(6-4-14)18-11-27-12-18)9-17-8-16-7-15(21-10-22-13-28-21)1-2-19(16)24-23-17/h1-2,7-8,10,13-14,18H,3-6,9,11-12H2. The number of nitrogens with zero attached hydrogens (tertiary/aromatic N) is 4. The summed E-state index contributed by atoms with van der Waals surface area (Å²) in [5, 5.41) is 9.63. The molecule has 0 amide bonds. The number of rotatable bonds is 5. The molecular formula is C21H22N4O2S. The van der Waals surface area contributed by atoms with Gasteiger partial charge in [-0.2, -0.15) is 10.2 Å². The first-order valence-electron chi connectivity index (χ1n) is 9.76. The zero-order valence-corrected chi connectivity index (χ0v) is 16.4. The highest BCUT2D eigenvalue weighted by Gasteiger charge is 2.31. The number of aromatic nitrogens is 3. The number of carbonyl (C=O) groups is 1. The van der Waals surface area contributed by atoms with Crippen molar-refractivity contribution in [3.05, 3.63) is 41.7 Å². The van der Waals surface area contributed by atoms with Gasteiger partial charge < -0.3 is 4.74 Å². The minimum atomic E-state index is 0.137. The van der Waals surface area contributed by atoms with Crippen molar-refractivity contribution in [1.82, 2.24) is 20.1 Å². The van der Waals surface area contributed by atoms with Gasteiger partial charge in [0.2, 0.25) is 0 Å². The number of likely N-dealkylation sites (tertiary alicyclic amines) is 1. The number of hydrogen-bond acceptors (Lipinski definition) is 7. The van der Waals surface area contributed by atoms with Gasteiger partial charge in [0.1, 0.15) is 5.78 Å². The van der Waals surface area contributed by atoms with Crippen LogP contribution in [0.1, 0.15) is 18.5 Å². The molecule has 0 N–H and O–H groups in total. The number of fused-ring (bicyclic) bond motifs is 1. The largest absolute Gasteiger partial charge is 0.378 e. The molecule has 2 fully saturated rings. The maximum atomic E-state index is 12.8. The SMILES string of the molecule is O=C(Cc1cc2cc(-c3cncs3)ccc2nn1)C1CCN(C2COC2)CC1. The summed E-state index contributed by atoms with van der Waals surface area (Å²) in [4.78, 5) is 20.5. The minimum absolute atomic E-state index is 0.137. The van der Waals surface area contributed by atoms with Gasteiger partial charge in [-0.25, -0.2) is 0 Å². The van der Waals surface area contributed by atoms with E-state index >= 15 is 0 Å². The smallest absolute Gasteiger partial charge is 0.142 e. The number of Topliss-reactive ketones (excluding diaryl/α,β-unsaturated/α-hetero) is 1. The van der Waals surface area contributed by atoms with E-state index < -0.39 is 0 Å². The average molecular weight is 395 g/mol. The lowest BCUT2D eigenvalue weighted by Gasteiger charge is -2.41. The Morgan fingerprint density at radius 2 is 2.04 bits per heavy atom. The molecule has 4 heterocycles. The van der Waals surface area contributed by atoms with E-state index in [-0.39, 0.29) is 11.7 Å². The Morgan fingerprint density at radius 3 is 2.75 bits per heavy atom. The summed E-state index contributed by atoms with van der Waals surface area (Å²) in [5.41, 5.74) is 4.56. The molecule has 7 heteroatoms. The van der Waals surface area contributed by atoms with Gasteiger partial charge in [-0.3, -0.25) is 14.7 Å². The minimum Gasteiger partial charge on any atom is -0.378 e. The van der Waals surface area contributed by atoms with Crippen LogP contribution in [-0.4, -0.2) is 58.2 Å². The number of piperidine rings is 1. The fourth-order valence-electron chi connectivity index (χ4n) is 4.03. The first kappa shape index (κ1) is 17.8. The molecule has 1 aromatic carbocycles. The van der Waals surface area contributed by atoms with Crippen LogP contribution in [-0.2, 0) is 16.0 Å². The van der Waals surface area contributed by atoms with Crippen molar-refractivity contribution in [1.29, 1.82) is 0 Å². The Labute approximate surface area is 167 Å². The lowest BCUT2D eigenvalue weighted by molar-refractivity contribution is -0.125. The van der Waals surface area contributed by atoms with Crippen molar-refractivity contribution in [2.24, 2.45) is 5.92 Å². The van der Waals surface area contributed by atoms with E-state index in [9.17, 15) is 4.79 Å². The summed E-state index contributed by atoms with van der Waals surface area (Å²) < 4.78 is 5.28. The predicted octanol–water partition coefficient (Wildman–Crippen LogP) is 2.98. The van der Waals surface area contributed by atoms with Gasteiger partial charge in [-0.05, 0) is 49.7 Å². The van der Waals surface area contributed by atoms with Crippen LogP contribution in [0.3, 0.4) is 0 Å². The highest BCUT2D eigenvalue weighted by Crippen LogP contribution is 2.27. The summed E-state index contributed by atoms with van der Waals surface area (Å²) in [6, 6.07) is 8.69. The van der Waals surface area contributed by atoms with Crippen LogP contribution in [0.5, 0.6) is 0 Å². The molecule has 3 aromatic rings. The summed E-state index contributed by atoms with van der Waals surface area (Å²) >= 11 is 1.61. The molecule has 144 valence electrons. The molecular weight excluding hydrogens is 372 g/mol. The van der Waals surface area contributed by atoms with Gasteiger partial charge in [-0.15, -0.1) is 11.3 Å². The van der Waals surface area contributed by atoms with Crippen molar-refractivity contribution in [3.8, 4) is 10.4 Å². The number of thiazole rings is 1. The molecule has 0 spiro atoms. The van der Waals surface area contributed by atoms with Gasteiger partial charge in [-0.1, -0.05) is 6.07 Å². The third-order valence-electron chi connectivity index (χ3n) is 5.83. The third kappa shape index (κ3) is 3.57. The maximum absolute atomic E-state index is 12.8. The predicted molar refractivity (Wildman–Crippen MR) is 108 cm³/mol. The van der Waals surface area contributed by atoms with E-state index in [4.69, 9.17) is 4.74 Å². The Morgan fingerprint density at radius 1 is 1.18 bits per heavy atom. The van der Waals surface area contributed by atoms with E-state index in [1.165, 1.54) is 0 Å². The van der Waals surface area contributed by atoms with Gasteiger partial charge >= 0.3 is 0 Å². The van der Waals surface area contributed by atoms with E-state index in [1.807, 2.05) is 29.9 Å². The molecule has 0 radical (unpaired) electrons. The second-order valence-corrected chi connectivity index (χ2v) is 8.51. The van der Waals surface area contributed by atoms with Crippen LogP contribution in [0.2, 0.25) is 0 Å². The van der Waals surface area contributed by atoms with Crippen LogP contribution in [0, 0.1) is 5.92 Å². The first-order chi connectivity index (χ1) is 13.8. The normalized spacial score (nSPS) is 19.0. The second kappa shape index (κ2) is 7.66. The van der Waals surface area contributed by atoms with Crippen molar-refractivity contribution in [3.63, 3.8) is 0 Å². The van der Waals surface area contributed by atoms with E-state index in [2.05, 4.69) is 26.1 Å². The molecule has 5 rings (SSSR count). The van der Waals surface area contributed by atoms with E-state index in [0.29, 0.717) is 12.5 Å². The van der Waals surface area contributed by atoms with Gasteiger partial charge in [0.05, 0.1) is 47.3 Å². The summed E-state index contributed by atoms with van der Waals surface area (Å²) in [6.45, 7) is 3.67. The zero-order valence-electron chi connectivity index (χ0n) is 15.6. The van der Waals surface area contributed by atoms with Crippen molar-refractivity contribution < 1.29 is 9.53 Å². The number of ketones is 1. The van der Waals surface area contributed by atoms with Crippen LogP contribution >= 0.6 is 11.3 Å². The highest BCUT2D eigenvalue weighted by molar-refractivity contribution is 7.13. The fourth-order valence-corrected chi connectivity index (χ4v) is 4.65. The van der Waals surface area contributed by atoms with Gasteiger partial charge in [0.25, 0.3) is 0 Å². The summed E-state index contributed by atoms with van der Waals surface area (Å²) in [7, 11) is 0. The number of benzene rings is 1. The van der Waals surface area contributed by atoms with E-state index in [0.717, 1.165) is 66.2 Å². The average Bonchev–Trinajstić information content (AvgIpc) is 3.21. The van der Waals surface area contributed by atoms with Gasteiger partial charge in [0, 0.05) is 17.5 Å². The lowest BCUT2D eigenvalue weighted by atomic mass is 9.89. The quantitative estimate of drug-likeness (QED) is 0.663. The highest BCUT2D eigenvalue weighted by atomic mass is 32.1. The first-order valence-corrected chi connectivity index (χ1v) is 10.6. The molecule has 2 aliphatic rings. The molecule has 0 atom stereocenters. The monoisotopic (exact) mass is 394 g/mol. The molecule has 0 saturated carbocycles. The zero-order chi connectivity index (χ0) is 18.9. The molecule has 2 aromatic heterocycles. The van der Waals surface area contributed by atoms with Crippen molar-refractivity contribution in [2.75, 3.05) is 26.3 Å². The van der Waals surface area contributed by atoms with Crippen molar-refractivity contribution in [2.45, 2.75) is 25.3 Å². The molecule has 0 bridgehead atoms. The lowest BCUT2D eigenvalue weighted by Crippen LogP contribution is -2.52. The van der Waals surface area contributed by atoms with Crippen LogP contribution in [0.15, 0.2) is 36.0 Å². The maximum Gasteiger partial charge on any atom is 0.142 e. The topological polar surface area (TPSA) is 68.2 Å². The Bertz CT molecular complexity index is 979. The summed E-state index contributed by atoms with van der Waals surface area (Å²) in [5.74, 6) is 0.426. The van der Waals surface area contributed by atoms with Crippen LogP contribution in [0.4, 0.5) is 0 Å². The molecule has 0 unspecified atom stereocenters. The molecule has 2 saturated heterocycles. The van der Waals surface area contributed by atoms with Crippen molar-refractivity contribution >= 4 is 28.0 Å². The summed E-state index contributed by atoms with van der Waals surface area (Å²) in [6.07, 6.45) is 4.11. The molecule has 0 aliphatic carbocycles. The Kier molecular flexibility index (Phi) is 4.88. The van der Waals surface area contributed by atoms with Crippen LogP contribution in [0.25, 0.3) is 21.3 Å². The van der Waals surface area contributed by atoms with Crippen LogP contribution < -0.4 is 0 Å². The molecule has 28 heavy (non-hydrogen) atoms. The second-order valence-electron chi connectivity index (χ2n) is 7.62. The number of hydrogen-bond donors (Lipinski definition) is 0. The Balaban J connectivity index is 1.27. The number of ether oxygens (including phenoxy) is 1. The molecule has 2 aliphatic heterocycles. The fraction of sp³-hybridized carbons (Fsp3) is 0.429. The van der Waals surface area contributed by atoms with E-state index in [1.54, 1.807) is 11.3 Å². The number of carbonyl (C=O) groups excluding carboxylic acids is 1.